The quantitative estimate of drug-likeness (QED) is 0.311. The molecule has 0 radical (unpaired) electrons. The summed E-state index contributed by atoms with van der Waals surface area (Å²) in [4.78, 5) is 10.8. The molecule has 11 rings (SSSR count). The number of hydrogen-bond donors (Lipinski definition) is 1. The van der Waals surface area contributed by atoms with Gasteiger partial charge in [0, 0.05) is 40.9 Å². The lowest BCUT2D eigenvalue weighted by Gasteiger charge is -2.38. The van der Waals surface area contributed by atoms with Gasteiger partial charge in [-0.15, -0.1) is 0 Å². The molecule has 0 spiro atoms. The molecule has 6 aliphatic carbocycles. The van der Waals surface area contributed by atoms with Crippen molar-refractivity contribution in [1.82, 2.24) is 10.2 Å². The molecule has 8 unspecified atom stereocenters. The zero-order chi connectivity index (χ0) is 37.0. The number of anilines is 1. The van der Waals surface area contributed by atoms with E-state index in [0.717, 1.165) is 50.9 Å². The number of rotatable bonds is 5. The van der Waals surface area contributed by atoms with E-state index in [2.05, 4.69) is 179 Å². The van der Waals surface area contributed by atoms with Gasteiger partial charge in [-0.1, -0.05) is 140 Å². The molecule has 0 aromatic heterocycles. The SMILES string of the molecule is C1=CCC(C2=CC(C3=CCCC=C3)N=C(N3C4C=C(c5cccc(-c6ccc7c(c6)N(C6=CCCC=C6)C6C=CC=CC76)c5)C=CC4C4CC=CCC43)N2)C=C1. The molecule has 1 saturated heterocycles. The molecule has 0 bridgehead atoms. The minimum Gasteiger partial charge on any atom is -0.334 e. The normalized spacial score (nSPS) is 31.8. The molecule has 0 saturated carbocycles. The van der Waals surface area contributed by atoms with Gasteiger partial charge >= 0.3 is 0 Å². The van der Waals surface area contributed by atoms with E-state index in [-0.39, 0.29) is 12.1 Å². The number of aliphatic imine (C=N–C) groups is 1. The maximum atomic E-state index is 5.56. The number of benzene rings is 2. The van der Waals surface area contributed by atoms with Crippen LogP contribution >= 0.6 is 0 Å². The molecule has 8 atom stereocenters. The fourth-order valence-electron chi connectivity index (χ4n) is 10.8. The third kappa shape index (κ3) is 5.84. The number of nitrogens with zero attached hydrogens (tertiary/aromatic N) is 3. The molecule has 56 heavy (non-hydrogen) atoms. The lowest BCUT2D eigenvalue weighted by molar-refractivity contribution is 0.295. The van der Waals surface area contributed by atoms with Gasteiger partial charge in [0.1, 0.15) is 0 Å². The molecule has 9 aliphatic rings. The van der Waals surface area contributed by atoms with Gasteiger partial charge in [0.15, 0.2) is 5.96 Å². The van der Waals surface area contributed by atoms with E-state index in [4.69, 9.17) is 4.99 Å². The second-order valence-corrected chi connectivity index (χ2v) is 16.7. The molecule has 2 aromatic rings. The van der Waals surface area contributed by atoms with Gasteiger partial charge in [0.05, 0.1) is 18.1 Å². The summed E-state index contributed by atoms with van der Waals surface area (Å²) in [6.07, 6.45) is 54.6. The lowest BCUT2D eigenvalue weighted by Crippen LogP contribution is -2.51. The lowest BCUT2D eigenvalue weighted by atomic mass is 9.78. The zero-order valence-electron chi connectivity index (χ0n) is 32.0. The van der Waals surface area contributed by atoms with Gasteiger partial charge in [-0.05, 0) is 109 Å². The van der Waals surface area contributed by atoms with Crippen LogP contribution in [0.5, 0.6) is 0 Å². The fraction of sp³-hybridized carbons (Fsp3) is 0.288. The first-order chi connectivity index (χ1) is 27.8. The average Bonchev–Trinajstić information content (AvgIpc) is 3.79. The van der Waals surface area contributed by atoms with Gasteiger partial charge in [-0.2, -0.15) is 0 Å². The molecule has 2 aromatic carbocycles. The highest BCUT2D eigenvalue weighted by atomic mass is 15.4. The summed E-state index contributed by atoms with van der Waals surface area (Å²) >= 11 is 0. The van der Waals surface area contributed by atoms with Crippen LogP contribution < -0.4 is 10.2 Å². The van der Waals surface area contributed by atoms with Crippen LogP contribution in [0.2, 0.25) is 0 Å². The number of likely N-dealkylation sites (tertiary alicyclic amines) is 1. The monoisotopic (exact) mass is 730 g/mol. The van der Waals surface area contributed by atoms with Gasteiger partial charge in [0.2, 0.25) is 0 Å². The zero-order valence-corrected chi connectivity index (χ0v) is 32.0. The van der Waals surface area contributed by atoms with Crippen LogP contribution in [0.4, 0.5) is 5.69 Å². The smallest absolute Gasteiger partial charge is 0.199 e. The highest BCUT2D eigenvalue weighted by Gasteiger charge is 2.49. The molecule has 1 fully saturated rings. The van der Waals surface area contributed by atoms with Crippen molar-refractivity contribution in [1.29, 1.82) is 0 Å². The summed E-state index contributed by atoms with van der Waals surface area (Å²) in [5.41, 5.74) is 11.8. The minimum absolute atomic E-state index is 0.0256. The standard InChI is InChI=1S/C52H50N4/c1-4-15-35(16-5-1)46-34-47(36-17-6-2-7-18-36)54-52(53-46)56-49-26-13-11-24-43(49)45-30-28-40(33-51(45)56)38-20-14-19-37(31-38)39-27-29-44-42-23-10-12-25-48(42)55(50(44)32-39)41-21-8-3-9-22-41/h1,4-6,8,10-15,17-23,25,27-35,42-43,45,47-49,51H,2-3,7,9,16,24,26H2,(H,53,54). The van der Waals surface area contributed by atoms with Crippen LogP contribution in [0, 0.1) is 17.8 Å². The maximum Gasteiger partial charge on any atom is 0.199 e. The van der Waals surface area contributed by atoms with Gasteiger partial charge < -0.3 is 15.1 Å². The number of guanidine groups is 1. The van der Waals surface area contributed by atoms with Crippen LogP contribution in [0.25, 0.3) is 16.7 Å². The molecule has 0 amide bonds. The number of nitrogens with one attached hydrogen (secondary N) is 1. The summed E-state index contributed by atoms with van der Waals surface area (Å²) in [5, 5.41) is 3.95. The summed E-state index contributed by atoms with van der Waals surface area (Å²) < 4.78 is 0. The van der Waals surface area contributed by atoms with Crippen LogP contribution in [-0.2, 0) is 0 Å². The Morgan fingerprint density at radius 3 is 2.39 bits per heavy atom. The molecule has 3 heterocycles. The van der Waals surface area contributed by atoms with Crippen molar-refractivity contribution in [2.24, 2.45) is 22.7 Å². The first kappa shape index (κ1) is 33.7. The Morgan fingerprint density at radius 1 is 0.661 bits per heavy atom. The second-order valence-electron chi connectivity index (χ2n) is 16.7. The van der Waals surface area contributed by atoms with E-state index in [1.54, 1.807) is 0 Å². The molecule has 4 heteroatoms. The second kappa shape index (κ2) is 14.2. The van der Waals surface area contributed by atoms with E-state index in [1.807, 2.05) is 0 Å². The van der Waals surface area contributed by atoms with E-state index in [0.29, 0.717) is 35.8 Å². The summed E-state index contributed by atoms with van der Waals surface area (Å²) in [7, 11) is 0. The number of hydrogen-bond acceptors (Lipinski definition) is 4. The Balaban J connectivity index is 0.941. The third-order valence-corrected chi connectivity index (χ3v) is 13.5. The van der Waals surface area contributed by atoms with E-state index < -0.39 is 0 Å². The van der Waals surface area contributed by atoms with Crippen molar-refractivity contribution in [2.45, 2.75) is 75.0 Å². The van der Waals surface area contributed by atoms with Crippen LogP contribution in [-0.4, -0.2) is 35.0 Å². The number of allylic oxidation sites excluding steroid dienone is 14. The average molecular weight is 731 g/mol. The van der Waals surface area contributed by atoms with E-state index >= 15 is 0 Å². The van der Waals surface area contributed by atoms with E-state index in [9.17, 15) is 0 Å². The van der Waals surface area contributed by atoms with Crippen molar-refractivity contribution in [3.63, 3.8) is 0 Å². The van der Waals surface area contributed by atoms with Crippen molar-refractivity contribution in [3.8, 4) is 11.1 Å². The fourth-order valence-corrected chi connectivity index (χ4v) is 10.8. The number of fused-ring (bicyclic) bond motifs is 6. The largest absolute Gasteiger partial charge is 0.334 e. The van der Waals surface area contributed by atoms with Gasteiger partial charge in [-0.3, -0.25) is 0 Å². The molecule has 4 nitrogen and oxygen atoms in total. The Labute approximate surface area is 332 Å². The van der Waals surface area contributed by atoms with Crippen molar-refractivity contribution < 1.29 is 0 Å². The van der Waals surface area contributed by atoms with Crippen LogP contribution in [0.1, 0.15) is 62.0 Å². The first-order valence-electron chi connectivity index (χ1n) is 21.1. The maximum absolute atomic E-state index is 5.56. The Hall–Kier alpha value is -5.61. The Bertz CT molecular complexity index is 2350. The van der Waals surface area contributed by atoms with Crippen LogP contribution in [0.15, 0.2) is 186 Å². The van der Waals surface area contributed by atoms with Gasteiger partial charge in [-0.25, -0.2) is 4.99 Å². The first-order valence-corrected chi connectivity index (χ1v) is 21.1. The summed E-state index contributed by atoms with van der Waals surface area (Å²) in [6.45, 7) is 0. The topological polar surface area (TPSA) is 30.9 Å². The highest BCUT2D eigenvalue weighted by molar-refractivity contribution is 5.87. The van der Waals surface area contributed by atoms with Crippen LogP contribution in [0.3, 0.4) is 0 Å². The van der Waals surface area contributed by atoms with Crippen molar-refractivity contribution >= 4 is 17.2 Å². The predicted molar refractivity (Wildman–Crippen MR) is 233 cm³/mol. The molecule has 1 N–H and O–H groups in total. The van der Waals surface area contributed by atoms with Crippen molar-refractivity contribution in [3.05, 3.63) is 192 Å². The molecule has 3 aliphatic heterocycles. The highest BCUT2D eigenvalue weighted by Crippen LogP contribution is 2.49. The van der Waals surface area contributed by atoms with E-state index in [1.165, 1.54) is 50.5 Å². The molecular formula is C52H50N4. The van der Waals surface area contributed by atoms with Gasteiger partial charge in [0.25, 0.3) is 0 Å². The molecule has 278 valence electrons. The minimum atomic E-state index is 0.0256. The Kier molecular flexibility index (Phi) is 8.52. The Morgan fingerprint density at radius 2 is 1.52 bits per heavy atom. The van der Waals surface area contributed by atoms with Crippen molar-refractivity contribution in [2.75, 3.05) is 4.90 Å². The summed E-state index contributed by atoms with van der Waals surface area (Å²) in [6, 6.07) is 17.4. The molecular weight excluding hydrogens is 681 g/mol. The predicted octanol–water partition coefficient (Wildman–Crippen LogP) is 11.2. The third-order valence-electron chi connectivity index (χ3n) is 13.5. The summed E-state index contributed by atoms with van der Waals surface area (Å²) in [5.74, 6) is 2.76.